The second-order valence-electron chi connectivity index (χ2n) is 4.03. The minimum Gasteiger partial charge on any atom is -0.298 e. The lowest BCUT2D eigenvalue weighted by Gasteiger charge is -2.09. The second kappa shape index (κ2) is 4.31. The maximum atomic E-state index is 10.6. The van der Waals surface area contributed by atoms with Crippen molar-refractivity contribution < 1.29 is 4.79 Å². The molecule has 0 bridgehead atoms. The first kappa shape index (κ1) is 10.6. The van der Waals surface area contributed by atoms with Gasteiger partial charge in [0.2, 0.25) is 0 Å². The maximum absolute atomic E-state index is 10.6. The first-order valence-corrected chi connectivity index (χ1v) is 5.32. The van der Waals surface area contributed by atoms with E-state index in [2.05, 4.69) is 18.9 Å². The summed E-state index contributed by atoms with van der Waals surface area (Å²) in [6.07, 6.45) is 2.64. The molecule has 0 saturated carbocycles. The molecular weight excluding hydrogens is 200 g/mol. The van der Waals surface area contributed by atoms with Crippen LogP contribution in [0, 0.1) is 0 Å². The molecule has 0 N–H and O–H groups in total. The Morgan fingerprint density at radius 2 is 1.88 bits per heavy atom. The molecule has 1 aromatic heterocycles. The number of benzene rings is 1. The number of rotatable bonds is 3. The van der Waals surface area contributed by atoms with E-state index in [1.807, 2.05) is 22.9 Å². The number of nitrogens with zero attached hydrogens (tertiary/aromatic N) is 2. The summed E-state index contributed by atoms with van der Waals surface area (Å²) < 4.78 is 1.90. The van der Waals surface area contributed by atoms with E-state index in [1.54, 1.807) is 18.3 Å². The highest BCUT2D eigenvalue weighted by Crippen LogP contribution is 2.18. The van der Waals surface area contributed by atoms with Crippen molar-refractivity contribution in [2.24, 2.45) is 0 Å². The monoisotopic (exact) mass is 214 g/mol. The molecule has 0 atom stereocenters. The Labute approximate surface area is 94.7 Å². The number of hydrogen-bond donors (Lipinski definition) is 0. The van der Waals surface area contributed by atoms with Gasteiger partial charge in [0.1, 0.15) is 6.29 Å². The zero-order chi connectivity index (χ0) is 11.5. The standard InChI is InChI=1S/C13H14N2O/c1-10(2)13-7-8-14-15(13)12-5-3-11(9-16)4-6-12/h3-10H,1-2H3. The van der Waals surface area contributed by atoms with Gasteiger partial charge in [0, 0.05) is 17.5 Å². The summed E-state index contributed by atoms with van der Waals surface area (Å²) in [6.45, 7) is 4.26. The molecule has 82 valence electrons. The summed E-state index contributed by atoms with van der Waals surface area (Å²) in [6, 6.07) is 9.42. The van der Waals surface area contributed by atoms with Gasteiger partial charge in [0.15, 0.2) is 0 Å². The van der Waals surface area contributed by atoms with E-state index < -0.39 is 0 Å². The van der Waals surface area contributed by atoms with E-state index >= 15 is 0 Å². The molecule has 0 spiro atoms. The topological polar surface area (TPSA) is 34.9 Å². The van der Waals surface area contributed by atoms with Crippen molar-refractivity contribution in [3.63, 3.8) is 0 Å². The average Bonchev–Trinajstić information content (AvgIpc) is 2.78. The Morgan fingerprint density at radius 3 is 2.44 bits per heavy atom. The van der Waals surface area contributed by atoms with Crippen molar-refractivity contribution in [2.45, 2.75) is 19.8 Å². The number of hydrogen-bond acceptors (Lipinski definition) is 2. The summed E-state index contributed by atoms with van der Waals surface area (Å²) in [7, 11) is 0. The Hall–Kier alpha value is -1.90. The van der Waals surface area contributed by atoms with Gasteiger partial charge in [0.05, 0.1) is 5.69 Å². The second-order valence-corrected chi connectivity index (χ2v) is 4.03. The largest absolute Gasteiger partial charge is 0.298 e. The first-order chi connectivity index (χ1) is 7.72. The van der Waals surface area contributed by atoms with Crippen LogP contribution in [0.5, 0.6) is 0 Å². The van der Waals surface area contributed by atoms with Crippen LogP contribution in [-0.2, 0) is 0 Å². The molecule has 2 rings (SSSR count). The molecule has 0 saturated heterocycles. The fourth-order valence-corrected chi connectivity index (χ4v) is 1.66. The van der Waals surface area contributed by atoms with Gasteiger partial charge < -0.3 is 0 Å². The van der Waals surface area contributed by atoms with Crippen LogP contribution in [0.1, 0.15) is 35.8 Å². The molecule has 0 amide bonds. The van der Waals surface area contributed by atoms with Crippen molar-refractivity contribution >= 4 is 6.29 Å². The highest BCUT2D eigenvalue weighted by Gasteiger charge is 2.07. The van der Waals surface area contributed by atoms with Gasteiger partial charge in [-0.2, -0.15) is 5.10 Å². The smallest absolute Gasteiger partial charge is 0.150 e. The third-order valence-electron chi connectivity index (χ3n) is 2.54. The maximum Gasteiger partial charge on any atom is 0.150 e. The van der Waals surface area contributed by atoms with Gasteiger partial charge in [0.25, 0.3) is 0 Å². The zero-order valence-electron chi connectivity index (χ0n) is 9.42. The van der Waals surface area contributed by atoms with E-state index in [-0.39, 0.29) is 0 Å². The average molecular weight is 214 g/mol. The van der Waals surface area contributed by atoms with Gasteiger partial charge in [-0.1, -0.05) is 13.8 Å². The summed E-state index contributed by atoms with van der Waals surface area (Å²) in [4.78, 5) is 10.6. The highest BCUT2D eigenvalue weighted by atomic mass is 16.1. The number of aldehydes is 1. The Kier molecular flexibility index (Phi) is 2.86. The Morgan fingerprint density at radius 1 is 1.19 bits per heavy atom. The predicted octanol–water partition coefficient (Wildman–Crippen LogP) is 2.81. The van der Waals surface area contributed by atoms with Gasteiger partial charge in [-0.3, -0.25) is 4.79 Å². The highest BCUT2D eigenvalue weighted by molar-refractivity contribution is 5.75. The molecule has 0 aliphatic heterocycles. The van der Waals surface area contributed by atoms with E-state index in [0.717, 1.165) is 12.0 Å². The van der Waals surface area contributed by atoms with Crippen LogP contribution >= 0.6 is 0 Å². The van der Waals surface area contributed by atoms with Crippen molar-refractivity contribution in [3.8, 4) is 5.69 Å². The number of aromatic nitrogens is 2. The van der Waals surface area contributed by atoms with Crippen molar-refractivity contribution in [2.75, 3.05) is 0 Å². The van der Waals surface area contributed by atoms with Gasteiger partial charge >= 0.3 is 0 Å². The van der Waals surface area contributed by atoms with Crippen molar-refractivity contribution in [1.29, 1.82) is 0 Å². The molecule has 0 fully saturated rings. The van der Waals surface area contributed by atoms with Crippen LogP contribution in [0.2, 0.25) is 0 Å². The summed E-state index contributed by atoms with van der Waals surface area (Å²) in [5.74, 6) is 0.424. The molecule has 1 heterocycles. The van der Waals surface area contributed by atoms with Crippen LogP contribution < -0.4 is 0 Å². The fourth-order valence-electron chi connectivity index (χ4n) is 1.66. The molecule has 1 aromatic carbocycles. The lowest BCUT2D eigenvalue weighted by Crippen LogP contribution is -2.03. The number of carbonyl (C=O) groups excluding carboxylic acids is 1. The Bertz CT molecular complexity index is 483. The third kappa shape index (κ3) is 1.89. The summed E-state index contributed by atoms with van der Waals surface area (Å²) in [5.41, 5.74) is 2.83. The summed E-state index contributed by atoms with van der Waals surface area (Å²) in [5, 5.41) is 4.29. The van der Waals surface area contributed by atoms with Crippen LogP contribution in [0.4, 0.5) is 0 Å². The van der Waals surface area contributed by atoms with Crippen LogP contribution in [0.15, 0.2) is 36.5 Å². The molecule has 0 aliphatic carbocycles. The Balaban J connectivity index is 2.42. The van der Waals surface area contributed by atoms with E-state index in [0.29, 0.717) is 11.5 Å². The molecule has 0 radical (unpaired) electrons. The van der Waals surface area contributed by atoms with Crippen LogP contribution in [0.25, 0.3) is 5.69 Å². The number of carbonyl (C=O) groups is 1. The van der Waals surface area contributed by atoms with Crippen LogP contribution in [-0.4, -0.2) is 16.1 Å². The molecule has 3 nitrogen and oxygen atoms in total. The van der Waals surface area contributed by atoms with E-state index in [4.69, 9.17) is 0 Å². The van der Waals surface area contributed by atoms with Crippen LogP contribution in [0.3, 0.4) is 0 Å². The first-order valence-electron chi connectivity index (χ1n) is 5.32. The van der Waals surface area contributed by atoms with E-state index in [9.17, 15) is 4.79 Å². The lowest BCUT2D eigenvalue weighted by atomic mass is 10.1. The third-order valence-corrected chi connectivity index (χ3v) is 2.54. The van der Waals surface area contributed by atoms with E-state index in [1.165, 1.54) is 5.69 Å². The normalized spacial score (nSPS) is 10.7. The van der Waals surface area contributed by atoms with Crippen molar-refractivity contribution in [1.82, 2.24) is 9.78 Å². The minimum absolute atomic E-state index is 0.424. The molecule has 3 heteroatoms. The van der Waals surface area contributed by atoms with Gasteiger partial charge in [-0.05, 0) is 36.2 Å². The van der Waals surface area contributed by atoms with Gasteiger partial charge in [-0.15, -0.1) is 0 Å². The zero-order valence-corrected chi connectivity index (χ0v) is 9.42. The molecule has 2 aromatic rings. The molecular formula is C13H14N2O. The minimum atomic E-state index is 0.424. The quantitative estimate of drug-likeness (QED) is 0.736. The SMILES string of the molecule is CC(C)c1ccnn1-c1ccc(C=O)cc1. The lowest BCUT2D eigenvalue weighted by molar-refractivity contribution is 0.112. The molecule has 16 heavy (non-hydrogen) atoms. The molecule has 0 aliphatic rings. The molecule has 0 unspecified atom stereocenters. The summed E-state index contributed by atoms with van der Waals surface area (Å²) >= 11 is 0. The van der Waals surface area contributed by atoms with Crippen molar-refractivity contribution in [3.05, 3.63) is 47.8 Å². The van der Waals surface area contributed by atoms with Gasteiger partial charge in [-0.25, -0.2) is 4.68 Å². The predicted molar refractivity (Wildman–Crippen MR) is 63.0 cm³/mol. The fraction of sp³-hybridized carbons (Fsp3) is 0.231.